The number of carboxylic acid groups (broad SMARTS) is 1. The summed E-state index contributed by atoms with van der Waals surface area (Å²) in [5.41, 5.74) is 0.996. The summed E-state index contributed by atoms with van der Waals surface area (Å²) < 4.78 is 0. The van der Waals surface area contributed by atoms with Crippen LogP contribution in [0.2, 0.25) is 0 Å². The summed E-state index contributed by atoms with van der Waals surface area (Å²) in [5.74, 6) is -1.41. The first kappa shape index (κ1) is 15.7. The van der Waals surface area contributed by atoms with E-state index in [2.05, 4.69) is 10.6 Å². The summed E-state index contributed by atoms with van der Waals surface area (Å²) in [7, 11) is 0. The van der Waals surface area contributed by atoms with E-state index in [1.165, 1.54) is 12.1 Å². The third-order valence-electron chi connectivity index (χ3n) is 2.61. The average molecular weight is 278 g/mol. The van der Waals surface area contributed by atoms with Crippen molar-refractivity contribution in [3.63, 3.8) is 0 Å². The second-order valence-electron chi connectivity index (χ2n) is 4.31. The van der Waals surface area contributed by atoms with Crippen molar-refractivity contribution in [3.8, 4) is 0 Å². The number of amides is 2. The van der Waals surface area contributed by atoms with Gasteiger partial charge in [0.2, 0.25) is 11.8 Å². The number of carbonyl (C=O) groups excluding carboxylic acids is 2. The second kappa shape index (κ2) is 7.93. The molecule has 0 aromatic heterocycles. The quantitative estimate of drug-likeness (QED) is 0.691. The fraction of sp³-hybridized carbons (Fsp3) is 0.357. The lowest BCUT2D eigenvalue weighted by Crippen LogP contribution is -2.36. The van der Waals surface area contributed by atoms with Gasteiger partial charge in [0.15, 0.2) is 0 Å². The van der Waals surface area contributed by atoms with Crippen molar-refractivity contribution in [2.24, 2.45) is 0 Å². The smallest absolute Gasteiger partial charge is 0.335 e. The highest BCUT2D eigenvalue weighted by Crippen LogP contribution is 2.04. The molecular formula is C14H18N2O4. The molecule has 0 spiro atoms. The van der Waals surface area contributed by atoms with Crippen molar-refractivity contribution in [2.75, 3.05) is 6.54 Å². The molecule has 0 aliphatic rings. The van der Waals surface area contributed by atoms with E-state index >= 15 is 0 Å². The topological polar surface area (TPSA) is 95.5 Å². The van der Waals surface area contributed by atoms with Gasteiger partial charge in [0.25, 0.3) is 0 Å². The number of aromatic carboxylic acids is 1. The summed E-state index contributed by atoms with van der Waals surface area (Å²) in [6, 6.07) is 6.23. The summed E-state index contributed by atoms with van der Waals surface area (Å²) in [6.07, 6.45) is 1.15. The van der Waals surface area contributed by atoms with Gasteiger partial charge in [-0.25, -0.2) is 4.79 Å². The highest BCUT2D eigenvalue weighted by molar-refractivity contribution is 5.87. The molecule has 0 saturated carbocycles. The molecule has 0 aliphatic carbocycles. The van der Waals surface area contributed by atoms with Crippen molar-refractivity contribution in [2.45, 2.75) is 26.3 Å². The Morgan fingerprint density at radius 1 is 1.05 bits per heavy atom. The Labute approximate surface area is 117 Å². The molecular weight excluding hydrogens is 260 g/mol. The molecule has 20 heavy (non-hydrogen) atoms. The first-order valence-corrected chi connectivity index (χ1v) is 6.38. The number of carboxylic acids is 1. The Bertz CT molecular complexity index is 482. The monoisotopic (exact) mass is 278 g/mol. The number of carbonyl (C=O) groups is 3. The SMILES string of the molecule is CCCC(=O)NCC(=O)NCc1ccc(C(=O)O)cc1. The molecule has 0 unspecified atom stereocenters. The first-order valence-electron chi connectivity index (χ1n) is 6.38. The molecule has 6 nitrogen and oxygen atoms in total. The summed E-state index contributed by atoms with van der Waals surface area (Å²) >= 11 is 0. The highest BCUT2D eigenvalue weighted by Gasteiger charge is 2.05. The van der Waals surface area contributed by atoms with E-state index in [0.717, 1.165) is 12.0 Å². The summed E-state index contributed by atoms with van der Waals surface area (Å²) in [6.45, 7) is 2.13. The Morgan fingerprint density at radius 2 is 1.70 bits per heavy atom. The van der Waals surface area contributed by atoms with Crippen LogP contribution in [0, 0.1) is 0 Å². The molecule has 0 bridgehead atoms. The van der Waals surface area contributed by atoms with Crippen molar-refractivity contribution in [3.05, 3.63) is 35.4 Å². The van der Waals surface area contributed by atoms with Gasteiger partial charge in [-0.3, -0.25) is 9.59 Å². The van der Waals surface area contributed by atoms with E-state index in [9.17, 15) is 14.4 Å². The maximum atomic E-state index is 11.5. The second-order valence-corrected chi connectivity index (χ2v) is 4.31. The zero-order valence-electron chi connectivity index (χ0n) is 11.3. The minimum absolute atomic E-state index is 0.0496. The fourth-order valence-corrected chi connectivity index (χ4v) is 1.52. The van der Waals surface area contributed by atoms with Gasteiger partial charge in [0.1, 0.15) is 0 Å². The van der Waals surface area contributed by atoms with Crippen molar-refractivity contribution in [1.82, 2.24) is 10.6 Å². The highest BCUT2D eigenvalue weighted by atomic mass is 16.4. The van der Waals surface area contributed by atoms with Gasteiger partial charge in [-0.15, -0.1) is 0 Å². The van der Waals surface area contributed by atoms with Gasteiger partial charge in [-0.05, 0) is 24.1 Å². The fourth-order valence-electron chi connectivity index (χ4n) is 1.52. The standard InChI is InChI=1S/C14H18N2O4/c1-2-3-12(17)16-9-13(18)15-8-10-4-6-11(7-5-10)14(19)20/h4-7H,2-3,8-9H2,1H3,(H,15,18)(H,16,17)(H,19,20). The minimum Gasteiger partial charge on any atom is -0.478 e. The first-order chi connectivity index (χ1) is 9.52. The van der Waals surface area contributed by atoms with Crippen LogP contribution in [0.3, 0.4) is 0 Å². The van der Waals surface area contributed by atoms with Crippen LogP contribution in [0.4, 0.5) is 0 Å². The maximum Gasteiger partial charge on any atom is 0.335 e. The average Bonchev–Trinajstić information content (AvgIpc) is 2.43. The van der Waals surface area contributed by atoms with Gasteiger partial charge in [0.05, 0.1) is 12.1 Å². The molecule has 6 heteroatoms. The molecule has 108 valence electrons. The number of nitrogens with one attached hydrogen (secondary N) is 2. The van der Waals surface area contributed by atoms with E-state index in [1.807, 2.05) is 6.92 Å². The third-order valence-corrected chi connectivity index (χ3v) is 2.61. The molecule has 1 rings (SSSR count). The molecule has 0 atom stereocenters. The maximum absolute atomic E-state index is 11.5. The molecule has 0 heterocycles. The van der Waals surface area contributed by atoms with Crippen molar-refractivity contribution >= 4 is 17.8 Å². The molecule has 3 N–H and O–H groups in total. The van der Waals surface area contributed by atoms with Gasteiger partial charge < -0.3 is 15.7 Å². The summed E-state index contributed by atoms with van der Waals surface area (Å²) in [5, 5.41) is 13.9. The molecule has 0 saturated heterocycles. The van der Waals surface area contributed by atoms with Crippen LogP contribution in [0.1, 0.15) is 35.7 Å². The minimum atomic E-state index is -0.987. The molecule has 2 amide bonds. The van der Waals surface area contributed by atoms with Crippen LogP contribution < -0.4 is 10.6 Å². The molecule has 0 radical (unpaired) electrons. The lowest BCUT2D eigenvalue weighted by atomic mass is 10.1. The number of benzene rings is 1. The third kappa shape index (κ3) is 5.51. The van der Waals surface area contributed by atoms with Crippen LogP contribution in [0.25, 0.3) is 0 Å². The van der Waals surface area contributed by atoms with Crippen LogP contribution in [-0.4, -0.2) is 29.4 Å². The van der Waals surface area contributed by atoms with E-state index in [0.29, 0.717) is 13.0 Å². The lowest BCUT2D eigenvalue weighted by molar-refractivity contribution is -0.126. The van der Waals surface area contributed by atoms with Gasteiger partial charge in [-0.1, -0.05) is 19.1 Å². The Kier molecular flexibility index (Phi) is 6.22. The van der Waals surface area contributed by atoms with E-state index in [-0.39, 0.29) is 23.9 Å². The summed E-state index contributed by atoms with van der Waals surface area (Å²) in [4.78, 5) is 33.3. The zero-order chi connectivity index (χ0) is 15.0. The van der Waals surface area contributed by atoms with Crippen LogP contribution in [0.5, 0.6) is 0 Å². The van der Waals surface area contributed by atoms with Gasteiger partial charge >= 0.3 is 5.97 Å². The van der Waals surface area contributed by atoms with E-state index in [1.54, 1.807) is 12.1 Å². The van der Waals surface area contributed by atoms with Gasteiger partial charge in [-0.2, -0.15) is 0 Å². The van der Waals surface area contributed by atoms with E-state index < -0.39 is 5.97 Å². The van der Waals surface area contributed by atoms with Crippen LogP contribution >= 0.6 is 0 Å². The van der Waals surface area contributed by atoms with E-state index in [4.69, 9.17) is 5.11 Å². The number of hydrogen-bond acceptors (Lipinski definition) is 3. The molecule has 0 aliphatic heterocycles. The van der Waals surface area contributed by atoms with Gasteiger partial charge in [0, 0.05) is 13.0 Å². The molecule has 1 aromatic rings. The van der Waals surface area contributed by atoms with Crippen molar-refractivity contribution in [1.29, 1.82) is 0 Å². The Balaban J connectivity index is 2.33. The number of hydrogen-bond donors (Lipinski definition) is 3. The van der Waals surface area contributed by atoms with Crippen LogP contribution in [-0.2, 0) is 16.1 Å². The predicted molar refractivity (Wildman–Crippen MR) is 73.2 cm³/mol. The predicted octanol–water partition coefficient (Wildman–Crippen LogP) is 0.917. The Morgan fingerprint density at radius 3 is 2.25 bits per heavy atom. The zero-order valence-corrected chi connectivity index (χ0v) is 11.3. The molecule has 0 fully saturated rings. The lowest BCUT2D eigenvalue weighted by Gasteiger charge is -2.07. The normalized spacial score (nSPS) is 9.85. The van der Waals surface area contributed by atoms with Crippen LogP contribution in [0.15, 0.2) is 24.3 Å². The number of rotatable bonds is 7. The van der Waals surface area contributed by atoms with Crippen molar-refractivity contribution < 1.29 is 19.5 Å². The Hall–Kier alpha value is -2.37. The molecule has 1 aromatic carbocycles. The largest absolute Gasteiger partial charge is 0.478 e.